The molecule has 8 heteroatoms. The number of aryl methyl sites for hydroxylation is 1. The Kier molecular flexibility index (Phi) is 5.30. The standard InChI is InChI=1S/C16H19ClN4O2S/c1-2-6-20-13-5-4-11(17)9-12(13)19-16(20)24-8-3-7-21-14(22)10-18-15(21)23/h4-5,9H,2-3,6-8,10H2,1H3,(H,18,23). The van der Waals surface area contributed by atoms with Gasteiger partial charge in [-0.25, -0.2) is 9.78 Å². The topological polar surface area (TPSA) is 67.2 Å². The third-order valence-corrected chi connectivity index (χ3v) is 5.11. The lowest BCUT2D eigenvalue weighted by Crippen LogP contribution is -2.32. The van der Waals surface area contributed by atoms with Gasteiger partial charge < -0.3 is 9.88 Å². The van der Waals surface area contributed by atoms with Gasteiger partial charge in [0.1, 0.15) is 0 Å². The molecule has 0 unspecified atom stereocenters. The first-order valence-electron chi connectivity index (χ1n) is 7.97. The number of carbonyl (C=O) groups excluding carboxylic acids is 2. The second kappa shape index (κ2) is 7.44. The molecule has 1 N–H and O–H groups in total. The molecule has 0 spiro atoms. The molecule has 0 radical (unpaired) electrons. The maximum Gasteiger partial charge on any atom is 0.324 e. The number of nitrogens with zero attached hydrogens (tertiary/aromatic N) is 3. The minimum atomic E-state index is -0.294. The van der Waals surface area contributed by atoms with E-state index in [1.54, 1.807) is 11.8 Å². The van der Waals surface area contributed by atoms with Crippen molar-refractivity contribution in [1.82, 2.24) is 19.8 Å². The predicted molar refractivity (Wildman–Crippen MR) is 95.5 cm³/mol. The van der Waals surface area contributed by atoms with Crippen molar-refractivity contribution >= 4 is 46.3 Å². The Morgan fingerprint density at radius 3 is 2.88 bits per heavy atom. The van der Waals surface area contributed by atoms with Crippen molar-refractivity contribution in [1.29, 1.82) is 0 Å². The minimum absolute atomic E-state index is 0.110. The molecule has 128 valence electrons. The molecule has 1 saturated heterocycles. The van der Waals surface area contributed by atoms with Crippen LogP contribution in [-0.4, -0.2) is 45.2 Å². The van der Waals surface area contributed by atoms with Crippen LogP contribution in [-0.2, 0) is 11.3 Å². The number of halogens is 1. The van der Waals surface area contributed by atoms with Gasteiger partial charge in [-0.15, -0.1) is 0 Å². The lowest BCUT2D eigenvalue weighted by molar-refractivity contribution is -0.124. The van der Waals surface area contributed by atoms with Gasteiger partial charge in [-0.3, -0.25) is 9.69 Å². The molecule has 1 aromatic carbocycles. The monoisotopic (exact) mass is 366 g/mol. The average Bonchev–Trinajstić information content (AvgIpc) is 3.05. The van der Waals surface area contributed by atoms with Gasteiger partial charge in [0.05, 0.1) is 17.6 Å². The lowest BCUT2D eigenvalue weighted by atomic mass is 10.3. The van der Waals surface area contributed by atoms with Gasteiger partial charge in [-0.05, 0) is 31.0 Å². The van der Waals surface area contributed by atoms with Crippen molar-refractivity contribution in [2.75, 3.05) is 18.8 Å². The fraction of sp³-hybridized carbons (Fsp3) is 0.438. The highest BCUT2D eigenvalue weighted by atomic mass is 35.5. The van der Waals surface area contributed by atoms with E-state index in [9.17, 15) is 9.59 Å². The van der Waals surface area contributed by atoms with Crippen LogP contribution >= 0.6 is 23.4 Å². The third-order valence-electron chi connectivity index (χ3n) is 3.82. The summed E-state index contributed by atoms with van der Waals surface area (Å²) in [5, 5.41) is 4.16. The highest BCUT2D eigenvalue weighted by Crippen LogP contribution is 2.27. The fourth-order valence-corrected chi connectivity index (χ4v) is 3.83. The van der Waals surface area contributed by atoms with Gasteiger partial charge in [0.15, 0.2) is 5.16 Å². The van der Waals surface area contributed by atoms with E-state index in [2.05, 4.69) is 21.8 Å². The number of fused-ring (bicyclic) bond motifs is 1. The first-order valence-corrected chi connectivity index (χ1v) is 9.33. The number of imide groups is 1. The first-order chi connectivity index (χ1) is 11.6. The molecule has 2 heterocycles. The second-order valence-corrected chi connectivity index (χ2v) is 7.08. The smallest absolute Gasteiger partial charge is 0.324 e. The number of urea groups is 1. The number of thioether (sulfide) groups is 1. The zero-order chi connectivity index (χ0) is 17.1. The summed E-state index contributed by atoms with van der Waals surface area (Å²) in [5.74, 6) is 0.635. The fourth-order valence-electron chi connectivity index (χ4n) is 2.70. The molecule has 0 saturated carbocycles. The molecule has 1 aliphatic rings. The van der Waals surface area contributed by atoms with Crippen molar-refractivity contribution in [3.63, 3.8) is 0 Å². The van der Waals surface area contributed by atoms with E-state index in [1.807, 2.05) is 18.2 Å². The van der Waals surface area contributed by atoms with Crippen LogP contribution in [0.25, 0.3) is 11.0 Å². The number of aromatic nitrogens is 2. The van der Waals surface area contributed by atoms with E-state index < -0.39 is 0 Å². The summed E-state index contributed by atoms with van der Waals surface area (Å²) < 4.78 is 2.20. The Labute approximate surface area is 149 Å². The number of carbonyl (C=O) groups is 2. The summed E-state index contributed by atoms with van der Waals surface area (Å²) in [6, 6.07) is 5.46. The average molecular weight is 367 g/mol. The molecule has 0 aliphatic carbocycles. The van der Waals surface area contributed by atoms with Crippen LogP contribution in [0.2, 0.25) is 5.02 Å². The van der Waals surface area contributed by atoms with Crippen LogP contribution in [0.5, 0.6) is 0 Å². The van der Waals surface area contributed by atoms with Crippen LogP contribution in [0.3, 0.4) is 0 Å². The number of hydrogen-bond donors (Lipinski definition) is 1. The molecule has 2 aromatic rings. The molecule has 0 bridgehead atoms. The van der Waals surface area contributed by atoms with E-state index in [-0.39, 0.29) is 18.5 Å². The van der Waals surface area contributed by atoms with Gasteiger partial charge >= 0.3 is 6.03 Å². The van der Waals surface area contributed by atoms with Gasteiger partial charge in [0, 0.05) is 23.9 Å². The van der Waals surface area contributed by atoms with Gasteiger partial charge in [-0.2, -0.15) is 0 Å². The first kappa shape index (κ1) is 17.1. The van der Waals surface area contributed by atoms with Crippen LogP contribution in [0.15, 0.2) is 23.4 Å². The highest BCUT2D eigenvalue weighted by Gasteiger charge is 2.27. The van der Waals surface area contributed by atoms with Crippen molar-refractivity contribution in [3.8, 4) is 0 Å². The Morgan fingerprint density at radius 1 is 1.33 bits per heavy atom. The molecule has 6 nitrogen and oxygen atoms in total. The summed E-state index contributed by atoms with van der Waals surface area (Å²) in [7, 11) is 0. The Balaban J connectivity index is 1.65. The van der Waals surface area contributed by atoms with Crippen molar-refractivity contribution in [2.24, 2.45) is 0 Å². The minimum Gasteiger partial charge on any atom is -0.329 e. The van der Waals surface area contributed by atoms with Gasteiger partial charge in [0.25, 0.3) is 0 Å². The maximum absolute atomic E-state index is 11.5. The molecule has 1 aliphatic heterocycles. The second-order valence-electron chi connectivity index (χ2n) is 5.59. The van der Waals surface area contributed by atoms with Crippen LogP contribution in [0, 0.1) is 0 Å². The Morgan fingerprint density at radius 2 is 2.17 bits per heavy atom. The zero-order valence-electron chi connectivity index (χ0n) is 13.4. The van der Waals surface area contributed by atoms with Crippen LogP contribution in [0.4, 0.5) is 4.79 Å². The highest BCUT2D eigenvalue weighted by molar-refractivity contribution is 7.99. The van der Waals surface area contributed by atoms with Crippen molar-refractivity contribution in [3.05, 3.63) is 23.2 Å². The summed E-state index contributed by atoms with van der Waals surface area (Å²) in [6.45, 7) is 3.58. The van der Waals surface area contributed by atoms with Crippen molar-refractivity contribution < 1.29 is 9.59 Å². The van der Waals surface area contributed by atoms with Crippen LogP contribution in [0.1, 0.15) is 19.8 Å². The number of nitrogens with one attached hydrogen (secondary N) is 1. The SMILES string of the molecule is CCCn1c(SCCCN2C(=O)CNC2=O)nc2cc(Cl)ccc21. The van der Waals surface area contributed by atoms with E-state index in [0.29, 0.717) is 11.6 Å². The van der Waals surface area contributed by atoms with E-state index >= 15 is 0 Å². The molecule has 24 heavy (non-hydrogen) atoms. The molecule has 1 aromatic heterocycles. The molecule has 0 atom stereocenters. The molecule has 3 rings (SSSR count). The predicted octanol–water partition coefficient (Wildman–Crippen LogP) is 3.13. The zero-order valence-corrected chi connectivity index (χ0v) is 15.0. The summed E-state index contributed by atoms with van der Waals surface area (Å²) in [4.78, 5) is 29.0. The summed E-state index contributed by atoms with van der Waals surface area (Å²) in [5.41, 5.74) is 1.98. The number of imidazole rings is 1. The van der Waals surface area contributed by atoms with Gasteiger partial charge in [0.2, 0.25) is 5.91 Å². The summed E-state index contributed by atoms with van der Waals surface area (Å²) >= 11 is 7.70. The number of hydrogen-bond acceptors (Lipinski definition) is 4. The van der Waals surface area contributed by atoms with E-state index in [0.717, 1.165) is 41.3 Å². The normalized spacial score (nSPS) is 14.7. The van der Waals surface area contributed by atoms with Crippen molar-refractivity contribution in [2.45, 2.75) is 31.5 Å². The quantitative estimate of drug-likeness (QED) is 0.464. The molecular formula is C16H19ClN4O2S. The van der Waals surface area contributed by atoms with Gasteiger partial charge in [-0.1, -0.05) is 30.3 Å². The largest absolute Gasteiger partial charge is 0.329 e. The number of rotatable bonds is 7. The van der Waals surface area contributed by atoms with E-state index in [1.165, 1.54) is 4.90 Å². The Hall–Kier alpha value is -1.73. The maximum atomic E-state index is 11.5. The molecular weight excluding hydrogens is 348 g/mol. The number of amides is 3. The molecule has 1 fully saturated rings. The lowest BCUT2D eigenvalue weighted by Gasteiger charge is -2.12. The molecule has 3 amide bonds. The third kappa shape index (κ3) is 3.52. The van der Waals surface area contributed by atoms with Crippen LogP contribution < -0.4 is 5.32 Å². The van der Waals surface area contributed by atoms with E-state index in [4.69, 9.17) is 11.6 Å². The summed E-state index contributed by atoms with van der Waals surface area (Å²) in [6.07, 6.45) is 1.75. The number of benzene rings is 1. The Bertz CT molecular complexity index is 761.